The number of carbonyl (C=O) groups excluding carboxylic acids is 1. The van der Waals surface area contributed by atoms with Gasteiger partial charge in [0.2, 0.25) is 0 Å². The number of ketones is 1. The van der Waals surface area contributed by atoms with Crippen molar-refractivity contribution in [1.29, 1.82) is 0 Å². The summed E-state index contributed by atoms with van der Waals surface area (Å²) in [6.45, 7) is 0.412. The summed E-state index contributed by atoms with van der Waals surface area (Å²) in [5, 5.41) is 2.28. The van der Waals surface area contributed by atoms with E-state index < -0.39 is 0 Å². The fraction of sp³-hybridized carbons (Fsp3) is 0.273. The molecule has 0 heterocycles. The molecule has 0 N–H and O–H groups in total. The highest BCUT2D eigenvalue weighted by atomic mass is 32.1. The Morgan fingerprint density at radius 2 is 2.00 bits per heavy atom. The van der Waals surface area contributed by atoms with Gasteiger partial charge in [0.25, 0.3) is 0 Å². The zero-order chi connectivity index (χ0) is 11.3. The van der Waals surface area contributed by atoms with E-state index in [1.807, 2.05) is 19.0 Å². The van der Waals surface area contributed by atoms with Crippen LogP contribution in [0.25, 0.3) is 0 Å². The van der Waals surface area contributed by atoms with Gasteiger partial charge in [-0.2, -0.15) is 4.99 Å². The summed E-state index contributed by atoms with van der Waals surface area (Å²) in [5.74, 6) is 0.0953. The van der Waals surface area contributed by atoms with Crippen molar-refractivity contribution >= 4 is 28.8 Å². The van der Waals surface area contributed by atoms with Crippen molar-refractivity contribution in [1.82, 2.24) is 4.90 Å². The molecule has 1 rings (SSSR count). The normalized spacial score (nSPS) is 9.80. The zero-order valence-electron chi connectivity index (χ0n) is 8.73. The second kappa shape index (κ2) is 5.51. The lowest BCUT2D eigenvalue weighted by Gasteiger charge is -2.07. The fourth-order valence-corrected chi connectivity index (χ4v) is 1.26. The van der Waals surface area contributed by atoms with Gasteiger partial charge >= 0.3 is 0 Å². The maximum Gasteiger partial charge on any atom is 0.176 e. The van der Waals surface area contributed by atoms with Gasteiger partial charge in [-0.05, 0) is 50.6 Å². The van der Waals surface area contributed by atoms with E-state index in [0.717, 1.165) is 0 Å². The van der Waals surface area contributed by atoms with Gasteiger partial charge in [0, 0.05) is 5.56 Å². The molecule has 78 valence electrons. The number of likely N-dealkylation sites (N-methyl/N-ethyl adjacent to an activating group) is 1. The number of hydrogen-bond donors (Lipinski definition) is 0. The molecule has 0 saturated heterocycles. The molecule has 0 aromatic heterocycles. The lowest BCUT2D eigenvalue weighted by atomic mass is 10.1. The first-order valence-electron chi connectivity index (χ1n) is 4.49. The summed E-state index contributed by atoms with van der Waals surface area (Å²) in [4.78, 5) is 17.3. The quantitative estimate of drug-likeness (QED) is 0.443. The molecular weight excluding hydrogens is 208 g/mol. The van der Waals surface area contributed by atoms with Gasteiger partial charge in [0.05, 0.1) is 17.4 Å². The molecule has 4 heteroatoms. The zero-order valence-corrected chi connectivity index (χ0v) is 9.54. The molecule has 0 spiro atoms. The Kier molecular flexibility index (Phi) is 4.31. The second-order valence-corrected chi connectivity index (χ2v) is 3.59. The Bertz CT molecular complexity index is 392. The first-order valence-corrected chi connectivity index (χ1v) is 4.90. The van der Waals surface area contributed by atoms with Gasteiger partial charge in [-0.3, -0.25) is 4.79 Å². The summed E-state index contributed by atoms with van der Waals surface area (Å²) < 4.78 is 0. The fourth-order valence-electron chi connectivity index (χ4n) is 1.15. The molecule has 0 saturated carbocycles. The molecule has 1 aromatic carbocycles. The first kappa shape index (κ1) is 11.7. The molecule has 0 fully saturated rings. The average Bonchev–Trinajstić information content (AvgIpc) is 2.18. The molecule has 1 aromatic rings. The van der Waals surface area contributed by atoms with Gasteiger partial charge in [-0.1, -0.05) is 0 Å². The van der Waals surface area contributed by atoms with E-state index in [1.165, 1.54) is 0 Å². The standard InChI is InChI=1S/C11H12N2OS/c1-13(2)7-11(14)9-3-5-10(6-4-9)12-8-15/h3-6H,7H2,1-2H3. The van der Waals surface area contributed by atoms with E-state index in [4.69, 9.17) is 0 Å². The molecular formula is C11H12N2OS. The highest BCUT2D eigenvalue weighted by molar-refractivity contribution is 7.78. The summed E-state index contributed by atoms with van der Waals surface area (Å²) in [5.41, 5.74) is 1.40. The maximum atomic E-state index is 11.6. The minimum Gasteiger partial charge on any atom is -0.302 e. The highest BCUT2D eigenvalue weighted by Gasteiger charge is 2.06. The molecule has 0 aliphatic carbocycles. The largest absolute Gasteiger partial charge is 0.302 e. The van der Waals surface area contributed by atoms with Crippen LogP contribution in [-0.4, -0.2) is 36.5 Å². The minimum absolute atomic E-state index is 0.0953. The minimum atomic E-state index is 0.0953. The van der Waals surface area contributed by atoms with Crippen molar-refractivity contribution in [2.24, 2.45) is 4.99 Å². The van der Waals surface area contributed by atoms with Crippen LogP contribution >= 0.6 is 12.2 Å². The second-order valence-electron chi connectivity index (χ2n) is 3.41. The Labute approximate surface area is 94.4 Å². The molecule has 0 unspecified atom stereocenters. The Morgan fingerprint density at radius 1 is 1.40 bits per heavy atom. The summed E-state index contributed by atoms with van der Waals surface area (Å²) >= 11 is 4.49. The molecule has 0 aliphatic rings. The van der Waals surface area contributed by atoms with Gasteiger partial charge in [0.15, 0.2) is 5.78 Å². The van der Waals surface area contributed by atoms with Gasteiger partial charge in [-0.25, -0.2) is 0 Å². The molecule has 0 atom stereocenters. The monoisotopic (exact) mass is 220 g/mol. The van der Waals surface area contributed by atoms with Crippen LogP contribution in [0.1, 0.15) is 10.4 Å². The molecule has 0 bridgehead atoms. The Morgan fingerprint density at radius 3 is 2.47 bits per heavy atom. The van der Waals surface area contributed by atoms with Crippen molar-refractivity contribution in [2.75, 3.05) is 20.6 Å². The highest BCUT2D eigenvalue weighted by Crippen LogP contribution is 2.12. The lowest BCUT2D eigenvalue weighted by Crippen LogP contribution is -2.21. The van der Waals surface area contributed by atoms with Crippen LogP contribution < -0.4 is 0 Å². The molecule has 0 amide bonds. The van der Waals surface area contributed by atoms with Crippen molar-refractivity contribution in [3.05, 3.63) is 29.8 Å². The van der Waals surface area contributed by atoms with Crippen LogP contribution in [0.4, 0.5) is 5.69 Å². The Hall–Kier alpha value is -1.35. The number of carbonyl (C=O) groups is 1. The van der Waals surface area contributed by atoms with E-state index in [9.17, 15) is 4.79 Å². The van der Waals surface area contributed by atoms with Crippen LogP contribution in [-0.2, 0) is 0 Å². The molecule has 0 aliphatic heterocycles. The number of thiocarbonyl (C=S) groups is 1. The number of hydrogen-bond acceptors (Lipinski definition) is 4. The van der Waals surface area contributed by atoms with Gasteiger partial charge in [0.1, 0.15) is 0 Å². The van der Waals surface area contributed by atoms with Crippen LogP contribution in [0.2, 0.25) is 0 Å². The lowest BCUT2D eigenvalue weighted by molar-refractivity contribution is 0.0958. The number of rotatable bonds is 4. The molecule has 3 nitrogen and oxygen atoms in total. The van der Waals surface area contributed by atoms with Crippen molar-refractivity contribution in [3.8, 4) is 0 Å². The number of aliphatic imine (C=N–C) groups is 1. The summed E-state index contributed by atoms with van der Waals surface area (Å²) in [7, 11) is 3.73. The third-order valence-electron chi connectivity index (χ3n) is 1.82. The van der Waals surface area contributed by atoms with Gasteiger partial charge in [-0.15, -0.1) is 0 Å². The van der Waals surface area contributed by atoms with Crippen LogP contribution in [0.5, 0.6) is 0 Å². The van der Waals surface area contributed by atoms with Crippen LogP contribution in [0.15, 0.2) is 29.3 Å². The van der Waals surface area contributed by atoms with Crippen molar-refractivity contribution < 1.29 is 4.79 Å². The number of nitrogens with zero attached hydrogens (tertiary/aromatic N) is 2. The van der Waals surface area contributed by atoms with E-state index in [1.54, 1.807) is 24.3 Å². The number of benzene rings is 1. The number of isothiocyanates is 1. The molecule has 15 heavy (non-hydrogen) atoms. The predicted molar refractivity (Wildman–Crippen MR) is 64.0 cm³/mol. The smallest absolute Gasteiger partial charge is 0.176 e. The van der Waals surface area contributed by atoms with Crippen molar-refractivity contribution in [3.63, 3.8) is 0 Å². The summed E-state index contributed by atoms with van der Waals surface area (Å²) in [6, 6.07) is 7.00. The first-order chi connectivity index (χ1) is 7.13. The molecule has 0 radical (unpaired) electrons. The number of Topliss-reactive ketones (excluding diaryl/α,β-unsaturated/α-hetero) is 1. The van der Waals surface area contributed by atoms with E-state index in [0.29, 0.717) is 17.8 Å². The van der Waals surface area contributed by atoms with E-state index >= 15 is 0 Å². The topological polar surface area (TPSA) is 32.7 Å². The third-order valence-corrected chi connectivity index (χ3v) is 1.92. The van der Waals surface area contributed by atoms with Crippen molar-refractivity contribution in [2.45, 2.75) is 0 Å². The average molecular weight is 220 g/mol. The van der Waals surface area contributed by atoms with Gasteiger partial charge < -0.3 is 4.90 Å². The van der Waals surface area contributed by atoms with Crippen LogP contribution in [0, 0.1) is 0 Å². The SMILES string of the molecule is CN(C)CC(=O)c1ccc(N=C=S)cc1. The maximum absolute atomic E-state index is 11.6. The van der Waals surface area contributed by atoms with E-state index in [-0.39, 0.29) is 5.78 Å². The van der Waals surface area contributed by atoms with E-state index in [2.05, 4.69) is 22.4 Å². The third kappa shape index (κ3) is 3.72. The predicted octanol–water partition coefficient (Wildman–Crippen LogP) is 2.17. The Balaban J connectivity index is 2.79. The van der Waals surface area contributed by atoms with Crippen LogP contribution in [0.3, 0.4) is 0 Å². The summed E-state index contributed by atoms with van der Waals surface area (Å²) in [6.07, 6.45) is 0.